The highest BCUT2D eigenvalue weighted by molar-refractivity contribution is 6.04. The zero-order chi connectivity index (χ0) is 21.6. The third-order valence-corrected chi connectivity index (χ3v) is 5.08. The number of benzene rings is 2. The monoisotopic (exact) mass is 413 g/mol. The lowest BCUT2D eigenvalue weighted by Crippen LogP contribution is -2.32. The molecular formula is C24H23N5O2. The van der Waals surface area contributed by atoms with E-state index in [1.807, 2.05) is 30.5 Å². The topological polar surface area (TPSA) is 113 Å². The first-order valence-corrected chi connectivity index (χ1v) is 9.99. The average molecular weight is 413 g/mol. The number of para-hydroxylation sites is 1. The van der Waals surface area contributed by atoms with Gasteiger partial charge in [0.25, 0.3) is 5.91 Å². The van der Waals surface area contributed by atoms with Crippen LogP contribution in [0.1, 0.15) is 27.5 Å². The van der Waals surface area contributed by atoms with E-state index in [0.717, 1.165) is 22.0 Å². The summed E-state index contributed by atoms with van der Waals surface area (Å²) in [4.78, 5) is 31.8. The van der Waals surface area contributed by atoms with Gasteiger partial charge in [-0.05, 0) is 41.5 Å². The van der Waals surface area contributed by atoms with Gasteiger partial charge in [-0.15, -0.1) is 0 Å². The number of fused-ring (bicyclic) bond motifs is 1. The van der Waals surface area contributed by atoms with Crippen LogP contribution >= 0.6 is 0 Å². The molecule has 0 fully saturated rings. The molecule has 1 atom stereocenters. The zero-order valence-electron chi connectivity index (χ0n) is 16.8. The highest BCUT2D eigenvalue weighted by Crippen LogP contribution is 2.18. The van der Waals surface area contributed by atoms with Crippen molar-refractivity contribution in [2.75, 3.05) is 11.9 Å². The zero-order valence-corrected chi connectivity index (χ0v) is 16.8. The van der Waals surface area contributed by atoms with E-state index in [1.165, 1.54) is 0 Å². The molecule has 1 unspecified atom stereocenters. The highest BCUT2D eigenvalue weighted by Gasteiger charge is 2.12. The van der Waals surface area contributed by atoms with Crippen molar-refractivity contribution in [1.29, 1.82) is 0 Å². The number of hydrogen-bond donors (Lipinski definition) is 4. The molecule has 7 heteroatoms. The summed E-state index contributed by atoms with van der Waals surface area (Å²) in [6.45, 7) is 0.309. The van der Waals surface area contributed by atoms with Gasteiger partial charge in [-0.1, -0.05) is 30.3 Å². The Kier molecular flexibility index (Phi) is 6.05. The van der Waals surface area contributed by atoms with E-state index >= 15 is 0 Å². The minimum absolute atomic E-state index is 0.0893. The van der Waals surface area contributed by atoms with Crippen LogP contribution in [0.5, 0.6) is 0 Å². The number of hydrogen-bond acceptors (Lipinski definition) is 4. The van der Waals surface area contributed by atoms with E-state index in [2.05, 4.69) is 20.6 Å². The SMILES string of the molecule is NC(CNC(=O)Cc1c[nH]c2ccccc12)c1ccc(C(=O)Nc2ccncc2)cc1. The van der Waals surface area contributed by atoms with Crippen molar-refractivity contribution in [2.45, 2.75) is 12.5 Å². The number of anilines is 1. The van der Waals surface area contributed by atoms with E-state index in [-0.39, 0.29) is 24.3 Å². The van der Waals surface area contributed by atoms with Crippen molar-refractivity contribution in [3.05, 3.63) is 95.9 Å². The molecule has 0 saturated heterocycles. The van der Waals surface area contributed by atoms with Gasteiger partial charge in [0.2, 0.25) is 5.91 Å². The fourth-order valence-corrected chi connectivity index (χ4v) is 3.38. The van der Waals surface area contributed by atoms with Crippen LogP contribution in [-0.2, 0) is 11.2 Å². The number of nitrogens with one attached hydrogen (secondary N) is 3. The Hall–Kier alpha value is -3.97. The lowest BCUT2D eigenvalue weighted by atomic mass is 10.0. The predicted octanol–water partition coefficient (Wildman–Crippen LogP) is 3.17. The van der Waals surface area contributed by atoms with E-state index in [4.69, 9.17) is 5.73 Å². The summed E-state index contributed by atoms with van der Waals surface area (Å²) in [5.41, 5.74) is 10.2. The molecule has 2 amide bonds. The first kappa shape index (κ1) is 20.3. The van der Waals surface area contributed by atoms with Crippen LogP contribution < -0.4 is 16.4 Å². The molecule has 2 aromatic heterocycles. The molecule has 7 nitrogen and oxygen atoms in total. The van der Waals surface area contributed by atoms with Crippen LogP contribution in [0.4, 0.5) is 5.69 Å². The van der Waals surface area contributed by atoms with Crippen molar-refractivity contribution in [1.82, 2.24) is 15.3 Å². The number of aromatic nitrogens is 2. The molecule has 4 rings (SSSR count). The summed E-state index contributed by atoms with van der Waals surface area (Å²) in [5, 5.41) is 6.75. The largest absolute Gasteiger partial charge is 0.361 e. The van der Waals surface area contributed by atoms with Crippen LogP contribution in [0.15, 0.2) is 79.3 Å². The molecule has 0 radical (unpaired) electrons. The molecule has 2 heterocycles. The van der Waals surface area contributed by atoms with E-state index < -0.39 is 0 Å². The normalized spacial score (nSPS) is 11.8. The van der Waals surface area contributed by atoms with E-state index in [0.29, 0.717) is 17.8 Å². The smallest absolute Gasteiger partial charge is 0.255 e. The van der Waals surface area contributed by atoms with Crippen LogP contribution in [0, 0.1) is 0 Å². The predicted molar refractivity (Wildman–Crippen MR) is 121 cm³/mol. The maximum atomic E-state index is 12.4. The van der Waals surface area contributed by atoms with Gasteiger partial charge in [0, 0.05) is 53.3 Å². The Morgan fingerprint density at radius 3 is 2.52 bits per heavy atom. The van der Waals surface area contributed by atoms with Gasteiger partial charge in [0.1, 0.15) is 0 Å². The van der Waals surface area contributed by atoms with Gasteiger partial charge in [-0.3, -0.25) is 14.6 Å². The van der Waals surface area contributed by atoms with Crippen LogP contribution in [0.2, 0.25) is 0 Å². The molecule has 4 aromatic rings. The minimum atomic E-state index is -0.371. The molecule has 156 valence electrons. The molecule has 5 N–H and O–H groups in total. The third kappa shape index (κ3) is 4.96. The van der Waals surface area contributed by atoms with Gasteiger partial charge < -0.3 is 21.4 Å². The van der Waals surface area contributed by atoms with Crippen LogP contribution in [0.3, 0.4) is 0 Å². The quantitative estimate of drug-likeness (QED) is 0.373. The third-order valence-electron chi connectivity index (χ3n) is 5.08. The van der Waals surface area contributed by atoms with Gasteiger partial charge in [-0.25, -0.2) is 0 Å². The van der Waals surface area contributed by atoms with Crippen molar-refractivity contribution in [3.63, 3.8) is 0 Å². The Morgan fingerprint density at radius 1 is 1.00 bits per heavy atom. The molecule has 31 heavy (non-hydrogen) atoms. The number of carbonyl (C=O) groups is 2. The number of pyridine rings is 1. The van der Waals surface area contributed by atoms with Gasteiger partial charge in [0.05, 0.1) is 6.42 Å². The number of nitrogens with two attached hydrogens (primary N) is 1. The number of aromatic amines is 1. The molecule has 0 spiro atoms. The highest BCUT2D eigenvalue weighted by atomic mass is 16.2. The molecule has 0 saturated carbocycles. The molecule has 0 aliphatic carbocycles. The second-order valence-electron chi connectivity index (χ2n) is 7.26. The van der Waals surface area contributed by atoms with E-state index in [1.54, 1.807) is 48.8 Å². The van der Waals surface area contributed by atoms with Crippen molar-refractivity contribution < 1.29 is 9.59 Å². The standard InChI is InChI=1S/C24H23N5O2/c25-21(15-28-23(30)13-18-14-27-22-4-2-1-3-20(18)22)16-5-7-17(8-6-16)24(31)29-19-9-11-26-12-10-19/h1-12,14,21,27H,13,15,25H2,(H,28,30)(H,26,29,31). The molecule has 0 bridgehead atoms. The van der Waals surface area contributed by atoms with Gasteiger partial charge in [-0.2, -0.15) is 0 Å². The first-order chi connectivity index (χ1) is 15.1. The molecule has 0 aliphatic rings. The Labute approximate surface area is 179 Å². The fourth-order valence-electron chi connectivity index (χ4n) is 3.38. The average Bonchev–Trinajstić information content (AvgIpc) is 3.21. The summed E-state index contributed by atoms with van der Waals surface area (Å²) in [7, 11) is 0. The number of amides is 2. The second kappa shape index (κ2) is 9.23. The number of nitrogens with zero attached hydrogens (tertiary/aromatic N) is 1. The fraction of sp³-hybridized carbons (Fsp3) is 0.125. The molecule has 0 aliphatic heterocycles. The van der Waals surface area contributed by atoms with Gasteiger partial charge >= 0.3 is 0 Å². The summed E-state index contributed by atoms with van der Waals surface area (Å²) < 4.78 is 0. The lowest BCUT2D eigenvalue weighted by molar-refractivity contribution is -0.120. The van der Waals surface area contributed by atoms with Crippen molar-refractivity contribution in [2.24, 2.45) is 5.73 Å². The maximum absolute atomic E-state index is 12.4. The van der Waals surface area contributed by atoms with Crippen LogP contribution in [-0.4, -0.2) is 28.3 Å². The summed E-state index contributed by atoms with van der Waals surface area (Å²) in [5.74, 6) is -0.299. The summed E-state index contributed by atoms with van der Waals surface area (Å²) >= 11 is 0. The first-order valence-electron chi connectivity index (χ1n) is 9.99. The molecule has 2 aromatic carbocycles. The maximum Gasteiger partial charge on any atom is 0.255 e. The summed E-state index contributed by atoms with van der Waals surface area (Å²) in [6, 6.07) is 18.0. The number of H-pyrrole nitrogens is 1. The number of rotatable bonds is 7. The summed E-state index contributed by atoms with van der Waals surface area (Å²) in [6.07, 6.45) is 5.37. The second-order valence-corrected chi connectivity index (χ2v) is 7.26. The minimum Gasteiger partial charge on any atom is -0.361 e. The Balaban J connectivity index is 1.30. The Bertz CT molecular complexity index is 1190. The Morgan fingerprint density at radius 2 is 1.74 bits per heavy atom. The van der Waals surface area contributed by atoms with Crippen molar-refractivity contribution >= 4 is 28.4 Å². The molecular weight excluding hydrogens is 390 g/mol. The van der Waals surface area contributed by atoms with Crippen LogP contribution in [0.25, 0.3) is 10.9 Å². The van der Waals surface area contributed by atoms with E-state index in [9.17, 15) is 9.59 Å². The number of carbonyl (C=O) groups excluding carboxylic acids is 2. The lowest BCUT2D eigenvalue weighted by Gasteiger charge is -2.14. The van der Waals surface area contributed by atoms with Gasteiger partial charge in [0.15, 0.2) is 0 Å². The van der Waals surface area contributed by atoms with Crippen molar-refractivity contribution in [3.8, 4) is 0 Å².